The van der Waals surface area contributed by atoms with E-state index in [0.29, 0.717) is 13.0 Å². The van der Waals surface area contributed by atoms with Gasteiger partial charge in [0.15, 0.2) is 0 Å². The molecule has 4 nitrogen and oxygen atoms in total. The molecule has 0 amide bonds. The standard InChI is InChI=1S/C17H31NO3/c1-6-20-14(19)12-17(18-10-8-7-9-11-18)13-15(2,3)21-16(17,4)5/h6-13H2,1-5H3. The molecular weight excluding hydrogens is 266 g/mol. The van der Waals surface area contributed by atoms with Crippen LogP contribution in [-0.4, -0.2) is 47.3 Å². The molecule has 2 fully saturated rings. The highest BCUT2D eigenvalue weighted by atomic mass is 16.5. The van der Waals surface area contributed by atoms with Crippen LogP contribution in [0.1, 0.15) is 66.7 Å². The van der Waals surface area contributed by atoms with Crippen LogP contribution in [0.25, 0.3) is 0 Å². The van der Waals surface area contributed by atoms with Crippen molar-refractivity contribution < 1.29 is 14.3 Å². The molecule has 0 N–H and O–H groups in total. The third kappa shape index (κ3) is 3.26. The maximum Gasteiger partial charge on any atom is 0.307 e. The Balaban J connectivity index is 2.31. The number of esters is 1. The van der Waals surface area contributed by atoms with Gasteiger partial charge in [0.2, 0.25) is 0 Å². The van der Waals surface area contributed by atoms with Crippen LogP contribution < -0.4 is 0 Å². The molecule has 0 aromatic carbocycles. The molecule has 0 spiro atoms. The van der Waals surface area contributed by atoms with Crippen molar-refractivity contribution in [2.24, 2.45) is 0 Å². The molecule has 0 radical (unpaired) electrons. The second kappa shape index (κ2) is 5.88. The minimum Gasteiger partial charge on any atom is -0.466 e. The minimum atomic E-state index is -0.347. The molecule has 0 bridgehead atoms. The van der Waals surface area contributed by atoms with E-state index in [-0.39, 0.29) is 22.7 Å². The third-order valence-electron chi connectivity index (χ3n) is 5.07. The van der Waals surface area contributed by atoms with Crippen molar-refractivity contribution >= 4 is 5.97 Å². The first-order valence-corrected chi connectivity index (χ1v) is 8.33. The van der Waals surface area contributed by atoms with Gasteiger partial charge < -0.3 is 9.47 Å². The molecule has 1 unspecified atom stereocenters. The summed E-state index contributed by atoms with van der Waals surface area (Å²) in [5.74, 6) is -0.0996. The Morgan fingerprint density at radius 1 is 1.14 bits per heavy atom. The average Bonchev–Trinajstić information content (AvgIpc) is 2.56. The Morgan fingerprint density at radius 2 is 1.76 bits per heavy atom. The summed E-state index contributed by atoms with van der Waals surface area (Å²) in [5.41, 5.74) is -0.794. The van der Waals surface area contributed by atoms with Crippen molar-refractivity contribution in [3.05, 3.63) is 0 Å². The first-order valence-electron chi connectivity index (χ1n) is 8.33. The summed E-state index contributed by atoms with van der Waals surface area (Å²) in [5, 5.41) is 0. The summed E-state index contributed by atoms with van der Waals surface area (Å²) in [7, 11) is 0. The summed E-state index contributed by atoms with van der Waals surface area (Å²) in [4.78, 5) is 14.7. The van der Waals surface area contributed by atoms with Gasteiger partial charge in [-0.1, -0.05) is 6.42 Å². The van der Waals surface area contributed by atoms with Gasteiger partial charge in [-0.15, -0.1) is 0 Å². The molecule has 1 atom stereocenters. The maximum atomic E-state index is 12.2. The number of nitrogens with zero attached hydrogens (tertiary/aromatic N) is 1. The van der Waals surface area contributed by atoms with E-state index in [4.69, 9.17) is 9.47 Å². The lowest BCUT2D eigenvalue weighted by molar-refractivity contribution is -0.154. The van der Waals surface area contributed by atoms with E-state index in [9.17, 15) is 4.79 Å². The molecule has 2 rings (SSSR count). The number of hydrogen-bond acceptors (Lipinski definition) is 4. The predicted molar refractivity (Wildman–Crippen MR) is 83.3 cm³/mol. The van der Waals surface area contributed by atoms with Gasteiger partial charge in [0.1, 0.15) is 0 Å². The predicted octanol–water partition coefficient (Wildman–Crippen LogP) is 3.14. The number of carbonyl (C=O) groups excluding carboxylic acids is 1. The van der Waals surface area contributed by atoms with Crippen LogP contribution >= 0.6 is 0 Å². The van der Waals surface area contributed by atoms with Crippen LogP contribution in [0, 0.1) is 0 Å². The molecule has 4 heteroatoms. The van der Waals surface area contributed by atoms with Crippen molar-refractivity contribution in [1.29, 1.82) is 0 Å². The number of rotatable bonds is 4. The van der Waals surface area contributed by atoms with Crippen LogP contribution in [0.5, 0.6) is 0 Å². The molecule has 122 valence electrons. The number of ether oxygens (including phenoxy) is 2. The minimum absolute atomic E-state index is 0.0996. The number of likely N-dealkylation sites (tertiary alicyclic amines) is 1. The monoisotopic (exact) mass is 297 g/mol. The normalized spacial score (nSPS) is 32.0. The number of piperidine rings is 1. The fraction of sp³-hybridized carbons (Fsp3) is 0.941. The Bertz CT molecular complexity index is 385. The largest absolute Gasteiger partial charge is 0.466 e. The summed E-state index contributed by atoms with van der Waals surface area (Å²) in [6.07, 6.45) is 5.02. The second-order valence-corrected chi connectivity index (χ2v) is 7.61. The highest BCUT2D eigenvalue weighted by Gasteiger charge is 2.60. The first kappa shape index (κ1) is 16.8. The van der Waals surface area contributed by atoms with Crippen molar-refractivity contribution in [3.63, 3.8) is 0 Å². The van der Waals surface area contributed by atoms with E-state index < -0.39 is 0 Å². The molecule has 21 heavy (non-hydrogen) atoms. The van der Waals surface area contributed by atoms with Crippen molar-refractivity contribution in [3.8, 4) is 0 Å². The highest BCUT2D eigenvalue weighted by Crippen LogP contribution is 2.51. The number of hydrogen-bond donors (Lipinski definition) is 0. The van der Waals surface area contributed by atoms with Gasteiger partial charge in [0.25, 0.3) is 0 Å². The lowest BCUT2D eigenvalue weighted by Gasteiger charge is -2.49. The SMILES string of the molecule is CCOC(=O)CC1(N2CCCCC2)CC(C)(C)OC1(C)C. The van der Waals surface area contributed by atoms with Gasteiger partial charge in [-0.05, 0) is 67.0 Å². The van der Waals surface area contributed by atoms with E-state index in [2.05, 4.69) is 32.6 Å². The van der Waals surface area contributed by atoms with Crippen molar-refractivity contribution in [2.75, 3.05) is 19.7 Å². The van der Waals surface area contributed by atoms with Gasteiger partial charge in [0, 0.05) is 0 Å². The third-order valence-corrected chi connectivity index (χ3v) is 5.07. The highest BCUT2D eigenvalue weighted by molar-refractivity contribution is 5.71. The van der Waals surface area contributed by atoms with E-state index >= 15 is 0 Å². The lowest BCUT2D eigenvalue weighted by atomic mass is 9.74. The fourth-order valence-corrected chi connectivity index (χ4v) is 4.39. The molecule has 0 aliphatic carbocycles. The van der Waals surface area contributed by atoms with E-state index in [1.54, 1.807) is 0 Å². The Morgan fingerprint density at radius 3 is 2.24 bits per heavy atom. The zero-order chi connectivity index (χ0) is 15.7. The molecule has 2 saturated heterocycles. The van der Waals surface area contributed by atoms with Gasteiger partial charge in [0.05, 0.1) is 29.8 Å². The lowest BCUT2D eigenvalue weighted by Crippen LogP contribution is -2.61. The summed E-state index contributed by atoms with van der Waals surface area (Å²) in [6.45, 7) is 13.0. The Hall–Kier alpha value is -0.610. The van der Waals surface area contributed by atoms with Gasteiger partial charge >= 0.3 is 5.97 Å². The molecule has 2 aliphatic rings. The van der Waals surface area contributed by atoms with Crippen molar-refractivity contribution in [1.82, 2.24) is 4.90 Å². The fourth-order valence-electron chi connectivity index (χ4n) is 4.39. The zero-order valence-corrected chi connectivity index (χ0v) is 14.3. The van der Waals surface area contributed by atoms with Crippen LogP contribution in [-0.2, 0) is 14.3 Å². The van der Waals surface area contributed by atoms with E-state index in [1.807, 2.05) is 6.92 Å². The molecule has 2 aliphatic heterocycles. The van der Waals surface area contributed by atoms with Crippen LogP contribution in [0.2, 0.25) is 0 Å². The van der Waals surface area contributed by atoms with E-state index in [0.717, 1.165) is 19.5 Å². The molecular formula is C17H31NO3. The summed E-state index contributed by atoms with van der Waals surface area (Å²) < 4.78 is 11.6. The van der Waals surface area contributed by atoms with Crippen LogP contribution in [0.3, 0.4) is 0 Å². The first-order chi connectivity index (χ1) is 9.72. The molecule has 0 aromatic rings. The van der Waals surface area contributed by atoms with Crippen LogP contribution in [0.15, 0.2) is 0 Å². The van der Waals surface area contributed by atoms with E-state index in [1.165, 1.54) is 19.3 Å². The summed E-state index contributed by atoms with van der Waals surface area (Å²) >= 11 is 0. The van der Waals surface area contributed by atoms with Gasteiger partial charge in [-0.25, -0.2) is 0 Å². The zero-order valence-electron chi connectivity index (χ0n) is 14.3. The average molecular weight is 297 g/mol. The quantitative estimate of drug-likeness (QED) is 0.747. The van der Waals surface area contributed by atoms with Gasteiger partial charge in [-0.2, -0.15) is 0 Å². The van der Waals surface area contributed by atoms with Gasteiger partial charge in [-0.3, -0.25) is 9.69 Å². The molecule has 0 aromatic heterocycles. The Labute approximate surface area is 129 Å². The molecule has 2 heterocycles. The second-order valence-electron chi connectivity index (χ2n) is 7.61. The smallest absolute Gasteiger partial charge is 0.307 e. The topological polar surface area (TPSA) is 38.8 Å². The maximum absolute atomic E-state index is 12.2. The summed E-state index contributed by atoms with van der Waals surface area (Å²) in [6, 6.07) is 0. The Kier molecular flexibility index (Phi) is 4.69. The van der Waals surface area contributed by atoms with Crippen LogP contribution in [0.4, 0.5) is 0 Å². The molecule has 0 saturated carbocycles. The number of carbonyl (C=O) groups is 1. The van der Waals surface area contributed by atoms with Crippen molar-refractivity contribution in [2.45, 2.75) is 83.5 Å².